The Kier molecular flexibility index (Phi) is 25.0. The fourth-order valence-electron chi connectivity index (χ4n) is 2.39. The molecule has 0 aromatic rings. The summed E-state index contributed by atoms with van der Waals surface area (Å²) in [5.74, 6) is -1.85. The minimum Gasteiger partial charge on any atom is -1.00 e. The molecule has 0 rings (SSSR count). The third-order valence-electron chi connectivity index (χ3n) is 4.16. The van der Waals surface area contributed by atoms with Crippen molar-refractivity contribution >= 4 is 29.6 Å². The maximum absolute atomic E-state index is 11.6. The maximum Gasteiger partial charge on any atom is 1.00 e. The van der Waals surface area contributed by atoms with Gasteiger partial charge < -0.3 is 18.4 Å². The Balaban J connectivity index is -0.000000653. The SMILES string of the molecule is CC(C)=CCC/C(C)=C/CC/C(C)=C/CSCC(NC(=O)CCC(=O)O)C(=O)O.[H-].[H-].[Na+].[Na+]. The fraction of sp³-hybridized carbons (Fsp3) is 0.591. The first kappa shape index (κ1) is 35.6. The molecule has 0 spiro atoms. The van der Waals surface area contributed by atoms with Gasteiger partial charge in [-0.1, -0.05) is 34.9 Å². The van der Waals surface area contributed by atoms with Crippen molar-refractivity contribution in [1.82, 2.24) is 5.32 Å². The molecule has 1 unspecified atom stereocenters. The normalized spacial score (nSPS) is 12.1. The second-order valence-corrected chi connectivity index (χ2v) is 8.42. The molecule has 0 saturated heterocycles. The molecule has 0 fully saturated rings. The molecule has 0 aromatic heterocycles. The van der Waals surface area contributed by atoms with E-state index in [2.05, 4.69) is 51.2 Å². The first-order chi connectivity index (χ1) is 13.6. The van der Waals surface area contributed by atoms with Crippen LogP contribution in [-0.4, -0.2) is 45.6 Å². The van der Waals surface area contributed by atoms with E-state index in [1.54, 1.807) is 0 Å². The minimum absolute atomic E-state index is 0. The van der Waals surface area contributed by atoms with E-state index in [9.17, 15) is 19.5 Å². The van der Waals surface area contributed by atoms with Crippen LogP contribution in [0.3, 0.4) is 0 Å². The number of nitrogens with one attached hydrogen (secondary N) is 1. The summed E-state index contributed by atoms with van der Waals surface area (Å²) in [6.45, 7) is 8.44. The van der Waals surface area contributed by atoms with Crippen molar-refractivity contribution in [2.45, 2.75) is 72.3 Å². The smallest absolute Gasteiger partial charge is 1.00 e. The van der Waals surface area contributed by atoms with Gasteiger partial charge in [0.25, 0.3) is 0 Å². The van der Waals surface area contributed by atoms with Crippen LogP contribution < -0.4 is 64.4 Å². The Bertz CT molecular complexity index is 655. The Morgan fingerprint density at radius 3 is 1.94 bits per heavy atom. The van der Waals surface area contributed by atoms with E-state index in [-0.39, 0.29) is 80.6 Å². The van der Waals surface area contributed by atoms with Crippen LogP contribution in [0.2, 0.25) is 0 Å². The van der Waals surface area contributed by atoms with Crippen molar-refractivity contribution < 1.29 is 86.6 Å². The van der Waals surface area contributed by atoms with Crippen LogP contribution in [0.4, 0.5) is 0 Å². The van der Waals surface area contributed by atoms with Crippen LogP contribution in [-0.2, 0) is 14.4 Å². The van der Waals surface area contributed by atoms with E-state index in [1.807, 2.05) is 0 Å². The number of aliphatic carboxylic acids is 2. The molecule has 0 saturated carbocycles. The number of allylic oxidation sites excluding steroid dienone is 5. The standard InChI is InChI=1S/C22H35NO5S.2Na.2H/c1-16(2)7-5-8-17(3)9-6-10-18(4)13-14-29-15-19(22(27)28)23-20(24)11-12-21(25)26;;;;/h7,9,13,19H,5-6,8,10-12,14-15H2,1-4H3,(H,23,24)(H,25,26)(H,27,28);;;;/q;2*+1;2*-1/b17-9+,18-13+;;;;. The Morgan fingerprint density at radius 2 is 1.42 bits per heavy atom. The van der Waals surface area contributed by atoms with Gasteiger partial charge in [0, 0.05) is 17.9 Å². The zero-order valence-electron chi connectivity index (χ0n) is 22.0. The van der Waals surface area contributed by atoms with Gasteiger partial charge in [-0.25, -0.2) is 4.79 Å². The van der Waals surface area contributed by atoms with Gasteiger partial charge in [-0.15, -0.1) is 0 Å². The molecule has 0 aromatic carbocycles. The van der Waals surface area contributed by atoms with E-state index < -0.39 is 23.9 Å². The van der Waals surface area contributed by atoms with Crippen LogP contribution in [0.15, 0.2) is 34.9 Å². The summed E-state index contributed by atoms with van der Waals surface area (Å²) in [7, 11) is 0. The number of thioether (sulfide) groups is 1. The van der Waals surface area contributed by atoms with Crippen LogP contribution in [0.1, 0.15) is 69.1 Å². The number of hydrogen-bond acceptors (Lipinski definition) is 4. The van der Waals surface area contributed by atoms with Gasteiger partial charge in [0.05, 0.1) is 6.42 Å². The summed E-state index contributed by atoms with van der Waals surface area (Å²) >= 11 is 1.43. The first-order valence-electron chi connectivity index (χ1n) is 9.88. The fourth-order valence-corrected chi connectivity index (χ4v) is 3.39. The van der Waals surface area contributed by atoms with Crippen molar-refractivity contribution in [2.75, 3.05) is 11.5 Å². The van der Waals surface area contributed by atoms with Crippen molar-refractivity contribution in [1.29, 1.82) is 0 Å². The van der Waals surface area contributed by atoms with Gasteiger partial charge in [-0.3, -0.25) is 9.59 Å². The van der Waals surface area contributed by atoms with Gasteiger partial charge in [0.15, 0.2) is 0 Å². The van der Waals surface area contributed by atoms with Crippen LogP contribution in [0.25, 0.3) is 0 Å². The summed E-state index contributed by atoms with van der Waals surface area (Å²) in [5, 5.41) is 20.1. The minimum atomic E-state index is -1.12. The molecule has 31 heavy (non-hydrogen) atoms. The largest absolute Gasteiger partial charge is 1.00 e. The quantitative estimate of drug-likeness (QED) is 0.157. The Morgan fingerprint density at radius 1 is 0.871 bits per heavy atom. The number of carbonyl (C=O) groups excluding carboxylic acids is 1. The third kappa shape index (κ3) is 22.9. The van der Waals surface area contributed by atoms with Gasteiger partial charge in [-0.2, -0.15) is 11.8 Å². The summed E-state index contributed by atoms with van der Waals surface area (Å²) in [5.41, 5.74) is 4.00. The molecule has 6 nitrogen and oxygen atoms in total. The Labute approximate surface area is 238 Å². The van der Waals surface area contributed by atoms with Crippen molar-refractivity contribution in [3.63, 3.8) is 0 Å². The molecule has 1 atom stereocenters. The van der Waals surface area contributed by atoms with Crippen molar-refractivity contribution in [3.8, 4) is 0 Å². The molecule has 0 aliphatic carbocycles. The molecule has 9 heteroatoms. The first-order valence-corrected chi connectivity index (χ1v) is 11.0. The molecule has 0 radical (unpaired) electrons. The summed E-state index contributed by atoms with van der Waals surface area (Å²) < 4.78 is 0. The number of carboxylic acids is 2. The number of amides is 1. The van der Waals surface area contributed by atoms with Crippen molar-refractivity contribution in [2.24, 2.45) is 0 Å². The van der Waals surface area contributed by atoms with Gasteiger partial charge in [-0.05, 0) is 53.4 Å². The van der Waals surface area contributed by atoms with E-state index in [0.717, 1.165) is 25.7 Å². The number of carbonyl (C=O) groups is 3. The second kappa shape index (κ2) is 21.8. The molecule has 168 valence electrons. The van der Waals surface area contributed by atoms with E-state index >= 15 is 0 Å². The third-order valence-corrected chi connectivity index (χ3v) is 5.13. The molecule has 0 aliphatic rings. The number of rotatable bonds is 15. The predicted octanol–water partition coefficient (Wildman–Crippen LogP) is -1.19. The number of carboxylic acid groups (broad SMARTS) is 2. The van der Waals surface area contributed by atoms with Crippen LogP contribution >= 0.6 is 11.8 Å². The summed E-state index contributed by atoms with van der Waals surface area (Å²) in [4.78, 5) is 33.3. The summed E-state index contributed by atoms with van der Waals surface area (Å²) in [6.07, 6.45) is 10.2. The van der Waals surface area contributed by atoms with E-state index in [1.165, 1.54) is 28.5 Å². The number of hydrogen-bond donors (Lipinski definition) is 3. The van der Waals surface area contributed by atoms with E-state index in [0.29, 0.717) is 5.75 Å². The zero-order valence-corrected chi connectivity index (χ0v) is 24.8. The van der Waals surface area contributed by atoms with Gasteiger partial charge >= 0.3 is 71.1 Å². The zero-order chi connectivity index (χ0) is 22.2. The molecular weight excluding hydrogens is 436 g/mol. The van der Waals surface area contributed by atoms with Gasteiger partial charge in [0.2, 0.25) is 5.91 Å². The van der Waals surface area contributed by atoms with Crippen molar-refractivity contribution in [3.05, 3.63) is 34.9 Å². The van der Waals surface area contributed by atoms with E-state index in [4.69, 9.17) is 5.11 Å². The Hall–Kier alpha value is -0.0200. The monoisotopic (exact) mass is 473 g/mol. The molecular formula is C22H37NNa2O5S. The average molecular weight is 474 g/mol. The van der Waals surface area contributed by atoms with Crippen LogP contribution in [0, 0.1) is 0 Å². The molecule has 3 N–H and O–H groups in total. The topological polar surface area (TPSA) is 104 Å². The average Bonchev–Trinajstić information content (AvgIpc) is 2.61. The molecule has 0 heterocycles. The summed E-state index contributed by atoms with van der Waals surface area (Å²) in [6, 6.07) is -1.01. The maximum atomic E-state index is 11.6. The predicted molar refractivity (Wildman–Crippen MR) is 121 cm³/mol. The van der Waals surface area contributed by atoms with Crippen LogP contribution in [0.5, 0.6) is 0 Å². The second-order valence-electron chi connectivity index (χ2n) is 7.35. The molecule has 1 amide bonds. The van der Waals surface area contributed by atoms with Gasteiger partial charge in [0.1, 0.15) is 6.04 Å². The molecule has 0 bridgehead atoms. The molecule has 0 aliphatic heterocycles.